The van der Waals surface area contributed by atoms with Crippen LogP contribution < -0.4 is 0 Å². The summed E-state index contributed by atoms with van der Waals surface area (Å²) >= 11 is 0. The van der Waals surface area contributed by atoms with Crippen molar-refractivity contribution in [3.05, 3.63) is 72.6 Å². The van der Waals surface area contributed by atoms with Crippen molar-refractivity contribution in [3.63, 3.8) is 0 Å². The molecule has 3 amide bonds. The lowest BCUT2D eigenvalue weighted by molar-refractivity contribution is -0.138. The number of likely N-dealkylation sites (N-methyl/N-ethyl adjacent to an activating group) is 1. The highest BCUT2D eigenvalue weighted by molar-refractivity contribution is 5.85. The lowest BCUT2D eigenvalue weighted by Crippen LogP contribution is -2.47. The first-order valence-electron chi connectivity index (χ1n) is 18.7. The third kappa shape index (κ3) is 7.62. The molecule has 4 aromatic rings. The van der Waals surface area contributed by atoms with Crippen molar-refractivity contribution in [2.75, 3.05) is 33.2 Å². The average Bonchev–Trinajstić information content (AvgIpc) is 4.00. The molecular formula is C40H52N8O4. The van der Waals surface area contributed by atoms with Crippen molar-refractivity contribution in [3.8, 4) is 33.6 Å². The number of amides is 3. The molecule has 2 aliphatic heterocycles. The molecule has 2 fully saturated rings. The van der Waals surface area contributed by atoms with E-state index in [-0.39, 0.29) is 29.9 Å². The summed E-state index contributed by atoms with van der Waals surface area (Å²) < 4.78 is 0. The van der Waals surface area contributed by atoms with Gasteiger partial charge in [0, 0.05) is 20.1 Å². The Kier molecular flexibility index (Phi) is 11.4. The highest BCUT2D eigenvalue weighted by Gasteiger charge is 2.37. The van der Waals surface area contributed by atoms with Crippen molar-refractivity contribution in [1.82, 2.24) is 39.5 Å². The highest BCUT2D eigenvalue weighted by atomic mass is 16.4. The summed E-state index contributed by atoms with van der Waals surface area (Å²) in [5.74, 6) is 1.53. The Labute approximate surface area is 306 Å². The lowest BCUT2D eigenvalue weighted by Gasteiger charge is -2.33. The van der Waals surface area contributed by atoms with Crippen LogP contribution in [0, 0.1) is 0 Å². The number of hydrogen-bond donors (Lipinski definition) is 3. The first-order valence-corrected chi connectivity index (χ1v) is 18.7. The van der Waals surface area contributed by atoms with E-state index in [4.69, 9.17) is 4.98 Å². The predicted molar refractivity (Wildman–Crippen MR) is 201 cm³/mol. The number of imidazole rings is 2. The van der Waals surface area contributed by atoms with Gasteiger partial charge in [-0.15, -0.1) is 0 Å². The molecule has 4 heterocycles. The predicted octanol–water partition coefficient (Wildman–Crippen LogP) is 6.97. The summed E-state index contributed by atoms with van der Waals surface area (Å²) in [5, 5.41) is 9.33. The SMILES string of the molecule is CCCN(CCC)[C@@H](C)C(=O)N1CCC[C@H]1c1ncc(-c2ccc(-c3ccc(-c4cnc([C@@H]5CCCN5C(=O)[C@H](C)N(C)C(=O)O)[nH]4)cc3)cc2)[nH]1. The van der Waals surface area contributed by atoms with E-state index in [1.54, 1.807) is 18.0 Å². The number of aromatic amines is 2. The maximum absolute atomic E-state index is 13.6. The van der Waals surface area contributed by atoms with Gasteiger partial charge in [-0.05, 0) is 87.7 Å². The second-order valence-corrected chi connectivity index (χ2v) is 14.2. The molecule has 0 spiro atoms. The van der Waals surface area contributed by atoms with Gasteiger partial charge in [0.25, 0.3) is 0 Å². The van der Waals surface area contributed by atoms with E-state index >= 15 is 0 Å². The van der Waals surface area contributed by atoms with E-state index in [1.165, 1.54) is 7.05 Å². The molecule has 0 unspecified atom stereocenters. The number of likely N-dealkylation sites (tertiary alicyclic amines) is 2. The zero-order valence-corrected chi connectivity index (χ0v) is 31.0. The van der Waals surface area contributed by atoms with Crippen LogP contribution in [0.4, 0.5) is 4.79 Å². The fourth-order valence-corrected chi connectivity index (χ4v) is 7.66. The molecule has 4 atom stereocenters. The zero-order chi connectivity index (χ0) is 36.9. The van der Waals surface area contributed by atoms with Crippen molar-refractivity contribution in [2.24, 2.45) is 0 Å². The maximum atomic E-state index is 13.6. The van der Waals surface area contributed by atoms with Gasteiger partial charge in [-0.3, -0.25) is 19.4 Å². The minimum atomic E-state index is -1.13. The third-order valence-corrected chi connectivity index (χ3v) is 10.8. The molecule has 12 nitrogen and oxygen atoms in total. The van der Waals surface area contributed by atoms with E-state index < -0.39 is 12.1 Å². The minimum Gasteiger partial charge on any atom is -0.465 e. The minimum absolute atomic E-state index is 0.0355. The molecule has 0 radical (unpaired) electrons. The summed E-state index contributed by atoms with van der Waals surface area (Å²) in [6.45, 7) is 11.2. The van der Waals surface area contributed by atoms with Crippen LogP contribution in [0.2, 0.25) is 0 Å². The number of benzene rings is 2. The molecule has 0 saturated carbocycles. The zero-order valence-electron chi connectivity index (χ0n) is 31.0. The van der Waals surface area contributed by atoms with Crippen LogP contribution in [-0.4, -0.2) is 108 Å². The van der Waals surface area contributed by atoms with Crippen LogP contribution in [0.1, 0.15) is 90.0 Å². The number of nitrogens with zero attached hydrogens (tertiary/aromatic N) is 6. The Bertz CT molecular complexity index is 1830. The first-order chi connectivity index (χ1) is 25.1. The molecule has 52 heavy (non-hydrogen) atoms. The second kappa shape index (κ2) is 16.1. The smallest absolute Gasteiger partial charge is 0.407 e. The number of H-pyrrole nitrogens is 2. The summed E-state index contributed by atoms with van der Waals surface area (Å²) in [7, 11) is 1.42. The summed E-state index contributed by atoms with van der Waals surface area (Å²) in [4.78, 5) is 61.6. The third-order valence-electron chi connectivity index (χ3n) is 10.8. The van der Waals surface area contributed by atoms with Crippen LogP contribution in [0.15, 0.2) is 60.9 Å². The van der Waals surface area contributed by atoms with Gasteiger partial charge in [-0.2, -0.15) is 0 Å². The van der Waals surface area contributed by atoms with Gasteiger partial charge in [0.2, 0.25) is 11.8 Å². The van der Waals surface area contributed by atoms with Gasteiger partial charge in [0.05, 0.1) is 41.9 Å². The first kappa shape index (κ1) is 36.8. The molecule has 2 aliphatic rings. The number of carbonyl (C=O) groups excluding carboxylic acids is 2. The lowest BCUT2D eigenvalue weighted by atomic mass is 10.0. The van der Waals surface area contributed by atoms with E-state index in [0.717, 1.165) is 103 Å². The Morgan fingerprint density at radius 2 is 1.13 bits per heavy atom. The maximum Gasteiger partial charge on any atom is 0.407 e. The van der Waals surface area contributed by atoms with Crippen molar-refractivity contribution >= 4 is 17.9 Å². The van der Waals surface area contributed by atoms with Gasteiger partial charge < -0.3 is 24.9 Å². The number of rotatable bonds is 13. The summed E-state index contributed by atoms with van der Waals surface area (Å²) in [6.07, 6.45) is 8.09. The quantitative estimate of drug-likeness (QED) is 0.136. The number of nitrogens with one attached hydrogen (secondary N) is 2. The Morgan fingerprint density at radius 3 is 1.54 bits per heavy atom. The topological polar surface area (TPSA) is 142 Å². The molecule has 12 heteroatoms. The normalized spacial score (nSPS) is 18.6. The Balaban J connectivity index is 1.10. The molecule has 6 rings (SSSR count). The molecule has 276 valence electrons. The monoisotopic (exact) mass is 708 g/mol. The van der Waals surface area contributed by atoms with Crippen LogP contribution >= 0.6 is 0 Å². The van der Waals surface area contributed by atoms with Gasteiger partial charge in [0.15, 0.2) is 0 Å². The summed E-state index contributed by atoms with van der Waals surface area (Å²) in [6, 6.07) is 15.5. The number of hydrogen-bond acceptors (Lipinski definition) is 6. The fourth-order valence-electron chi connectivity index (χ4n) is 7.66. The van der Waals surface area contributed by atoms with Gasteiger partial charge >= 0.3 is 6.09 Å². The molecule has 2 aromatic carbocycles. The van der Waals surface area contributed by atoms with E-state index in [2.05, 4.69) is 82.2 Å². The number of carboxylic acid groups (broad SMARTS) is 1. The fraction of sp³-hybridized carbons (Fsp3) is 0.475. The second-order valence-electron chi connectivity index (χ2n) is 14.2. The summed E-state index contributed by atoms with van der Waals surface area (Å²) in [5.41, 5.74) is 5.98. The molecule has 3 N–H and O–H groups in total. The van der Waals surface area contributed by atoms with Crippen molar-refractivity contribution < 1.29 is 19.5 Å². The van der Waals surface area contributed by atoms with E-state index in [9.17, 15) is 19.5 Å². The van der Waals surface area contributed by atoms with E-state index in [1.807, 2.05) is 18.0 Å². The van der Waals surface area contributed by atoms with Gasteiger partial charge in [0.1, 0.15) is 17.7 Å². The van der Waals surface area contributed by atoms with Gasteiger partial charge in [-0.1, -0.05) is 62.4 Å². The number of aromatic nitrogens is 4. The molecule has 2 aromatic heterocycles. The largest absolute Gasteiger partial charge is 0.465 e. The van der Waals surface area contributed by atoms with Crippen LogP contribution in [0.5, 0.6) is 0 Å². The standard InChI is InChI=1S/C40H52N8O4/c1-6-20-46(21-7-2)27(4)39(50)48-23-9-11-35(48)37-42-25-33(44-37)31-18-14-29(15-19-31)28-12-16-30(17-13-28)32-24-41-36(43-32)34-10-8-22-47(34)38(49)26(3)45(5)40(51)52/h12-19,24-27,34-35H,6-11,20-23H2,1-5H3,(H,41,43)(H,42,44)(H,51,52)/t26-,27-,34-,35-/m0/s1. The van der Waals surface area contributed by atoms with Crippen molar-refractivity contribution in [1.29, 1.82) is 0 Å². The van der Waals surface area contributed by atoms with E-state index in [0.29, 0.717) is 12.4 Å². The van der Waals surface area contributed by atoms with Gasteiger partial charge in [-0.25, -0.2) is 14.8 Å². The highest BCUT2D eigenvalue weighted by Crippen LogP contribution is 2.35. The number of carbonyl (C=O) groups is 3. The Morgan fingerprint density at radius 1 is 0.731 bits per heavy atom. The molecule has 0 aliphatic carbocycles. The molecular weight excluding hydrogens is 656 g/mol. The van der Waals surface area contributed by atoms with Crippen LogP contribution in [0.25, 0.3) is 33.6 Å². The van der Waals surface area contributed by atoms with Crippen molar-refractivity contribution in [2.45, 2.75) is 90.4 Å². The Hall–Kier alpha value is -4.97. The van der Waals surface area contributed by atoms with Crippen LogP contribution in [-0.2, 0) is 9.59 Å². The van der Waals surface area contributed by atoms with Crippen LogP contribution in [0.3, 0.4) is 0 Å². The molecule has 0 bridgehead atoms. The molecule has 2 saturated heterocycles. The average molecular weight is 709 g/mol.